The van der Waals surface area contributed by atoms with Crippen molar-refractivity contribution in [3.8, 4) is 5.69 Å². The molecule has 1 atom stereocenters. The predicted molar refractivity (Wildman–Crippen MR) is 126 cm³/mol. The van der Waals surface area contributed by atoms with Crippen LogP contribution in [0.5, 0.6) is 0 Å². The third-order valence-corrected chi connectivity index (χ3v) is 6.80. The number of para-hydroxylation sites is 1. The molecule has 0 spiro atoms. The number of thioether (sulfide) groups is 1. The Hall–Kier alpha value is -3.78. The highest BCUT2D eigenvalue weighted by Gasteiger charge is 2.33. The minimum Gasteiger partial charge on any atom is -0.467 e. The fourth-order valence-electron chi connectivity index (χ4n) is 3.86. The summed E-state index contributed by atoms with van der Waals surface area (Å²) in [5.74, 6) is 1.12. The zero-order chi connectivity index (χ0) is 22.6. The van der Waals surface area contributed by atoms with Crippen LogP contribution in [0.4, 0.5) is 0 Å². The van der Waals surface area contributed by atoms with E-state index in [2.05, 4.69) is 10.3 Å². The van der Waals surface area contributed by atoms with E-state index in [1.165, 1.54) is 0 Å². The van der Waals surface area contributed by atoms with E-state index >= 15 is 0 Å². The number of aromatic nitrogens is 2. The molecule has 166 valence electrons. The van der Waals surface area contributed by atoms with Gasteiger partial charge < -0.3 is 19.2 Å². The third kappa shape index (κ3) is 4.56. The molecule has 1 saturated heterocycles. The first-order valence-electron chi connectivity index (χ1n) is 10.6. The van der Waals surface area contributed by atoms with Gasteiger partial charge in [-0.3, -0.25) is 9.59 Å². The van der Waals surface area contributed by atoms with Crippen molar-refractivity contribution < 1.29 is 14.0 Å². The number of nitrogens with zero attached hydrogens (tertiary/aromatic N) is 3. The maximum absolute atomic E-state index is 12.8. The minimum absolute atomic E-state index is 0.0831. The Morgan fingerprint density at radius 1 is 1.12 bits per heavy atom. The van der Waals surface area contributed by atoms with E-state index < -0.39 is 0 Å². The molecule has 0 bridgehead atoms. The number of carbonyl (C=O) groups is 2. The van der Waals surface area contributed by atoms with Gasteiger partial charge in [0.25, 0.3) is 5.91 Å². The van der Waals surface area contributed by atoms with E-state index in [0.29, 0.717) is 24.4 Å². The topological polar surface area (TPSA) is 80.4 Å². The zero-order valence-corrected chi connectivity index (χ0v) is 18.6. The summed E-state index contributed by atoms with van der Waals surface area (Å²) in [5, 5.41) is 2.90. The molecular weight excluding hydrogens is 436 g/mol. The van der Waals surface area contributed by atoms with Crippen molar-refractivity contribution >= 4 is 23.6 Å². The number of hydrogen-bond donors (Lipinski definition) is 1. The van der Waals surface area contributed by atoms with Crippen molar-refractivity contribution in [2.75, 3.05) is 5.75 Å². The number of amides is 2. The third-order valence-electron chi connectivity index (χ3n) is 5.55. The maximum atomic E-state index is 12.8. The van der Waals surface area contributed by atoms with Gasteiger partial charge in [-0.25, -0.2) is 4.98 Å². The summed E-state index contributed by atoms with van der Waals surface area (Å²) < 4.78 is 7.33. The second-order valence-corrected chi connectivity index (χ2v) is 8.74. The average Bonchev–Trinajstić information content (AvgIpc) is 3.62. The molecule has 2 aromatic carbocycles. The first kappa shape index (κ1) is 21.1. The van der Waals surface area contributed by atoms with Gasteiger partial charge in [0.1, 0.15) is 11.1 Å². The van der Waals surface area contributed by atoms with Gasteiger partial charge in [-0.1, -0.05) is 30.3 Å². The Kier molecular flexibility index (Phi) is 5.99. The van der Waals surface area contributed by atoms with Crippen molar-refractivity contribution in [2.45, 2.75) is 18.5 Å². The van der Waals surface area contributed by atoms with Crippen molar-refractivity contribution in [3.63, 3.8) is 0 Å². The van der Waals surface area contributed by atoms with Crippen LogP contribution in [-0.4, -0.2) is 32.0 Å². The van der Waals surface area contributed by atoms with Crippen LogP contribution in [0.25, 0.3) is 5.69 Å². The molecule has 0 saturated carbocycles. The van der Waals surface area contributed by atoms with Crippen LogP contribution in [0, 0.1) is 0 Å². The molecule has 4 aromatic rings. The van der Waals surface area contributed by atoms with Gasteiger partial charge in [0.2, 0.25) is 5.91 Å². The largest absolute Gasteiger partial charge is 0.467 e. The Bertz CT molecular complexity index is 1240. The summed E-state index contributed by atoms with van der Waals surface area (Å²) >= 11 is 1.58. The van der Waals surface area contributed by atoms with E-state index in [4.69, 9.17) is 4.42 Å². The molecule has 0 radical (unpaired) electrons. The van der Waals surface area contributed by atoms with Crippen LogP contribution >= 0.6 is 11.8 Å². The van der Waals surface area contributed by atoms with Gasteiger partial charge in [-0.15, -0.1) is 11.8 Å². The summed E-state index contributed by atoms with van der Waals surface area (Å²) in [6, 6.07) is 19.0. The second-order valence-electron chi connectivity index (χ2n) is 7.67. The van der Waals surface area contributed by atoms with Crippen LogP contribution in [0.15, 0.2) is 90.1 Å². The maximum Gasteiger partial charge on any atom is 0.251 e. The fraction of sp³-hybridized carbons (Fsp3) is 0.160. The Morgan fingerprint density at radius 3 is 2.73 bits per heavy atom. The first-order chi connectivity index (χ1) is 16.2. The summed E-state index contributed by atoms with van der Waals surface area (Å²) in [7, 11) is 0. The highest BCUT2D eigenvalue weighted by atomic mass is 32.2. The van der Waals surface area contributed by atoms with Crippen LogP contribution < -0.4 is 5.32 Å². The van der Waals surface area contributed by atoms with Crippen molar-refractivity contribution in [1.29, 1.82) is 0 Å². The molecule has 3 heterocycles. The van der Waals surface area contributed by atoms with E-state index in [1.807, 2.05) is 64.2 Å². The average molecular weight is 459 g/mol. The Labute approximate surface area is 195 Å². The van der Waals surface area contributed by atoms with E-state index in [0.717, 1.165) is 22.6 Å². The minimum atomic E-state index is -0.149. The molecule has 5 rings (SSSR count). The first-order valence-corrected chi connectivity index (χ1v) is 11.6. The molecule has 1 aliphatic heterocycles. The quantitative estimate of drug-likeness (QED) is 0.450. The lowest BCUT2D eigenvalue weighted by atomic mass is 10.1. The summed E-state index contributed by atoms with van der Waals surface area (Å²) in [6.07, 6.45) is 6.95. The molecule has 0 aliphatic carbocycles. The molecule has 7 nitrogen and oxygen atoms in total. The van der Waals surface area contributed by atoms with Gasteiger partial charge in [-0.2, -0.15) is 0 Å². The molecule has 0 unspecified atom stereocenters. The SMILES string of the molecule is O=C(NCc1ccccc1-n1ccnc1)c1ccc([C@H]2SCC(=O)N2Cc2ccco2)cc1. The number of imidazole rings is 1. The molecule has 1 fully saturated rings. The van der Waals surface area contributed by atoms with Gasteiger partial charge in [0, 0.05) is 24.5 Å². The second kappa shape index (κ2) is 9.38. The van der Waals surface area contributed by atoms with E-state index in [9.17, 15) is 9.59 Å². The van der Waals surface area contributed by atoms with Crippen LogP contribution in [-0.2, 0) is 17.9 Å². The van der Waals surface area contributed by atoms with Crippen LogP contribution in [0.2, 0.25) is 0 Å². The van der Waals surface area contributed by atoms with Gasteiger partial charge >= 0.3 is 0 Å². The lowest BCUT2D eigenvalue weighted by Gasteiger charge is -2.23. The summed E-state index contributed by atoms with van der Waals surface area (Å²) in [4.78, 5) is 31.1. The molecule has 8 heteroatoms. The van der Waals surface area contributed by atoms with E-state index in [-0.39, 0.29) is 17.2 Å². The summed E-state index contributed by atoms with van der Waals surface area (Å²) in [5.41, 5.74) is 3.53. The Morgan fingerprint density at radius 2 is 1.97 bits per heavy atom. The standard InChI is InChI=1S/C25H22N4O3S/c30-23-16-33-25(29(23)15-21-5-3-13-32-21)19-9-7-18(8-10-19)24(31)27-14-20-4-1-2-6-22(20)28-12-11-26-17-28/h1-13,17,25H,14-16H2,(H,27,31)/t25-/m1/s1. The molecule has 2 amide bonds. The normalized spacial score (nSPS) is 15.7. The van der Waals surface area contributed by atoms with Crippen molar-refractivity contribution in [3.05, 3.63) is 108 Å². The van der Waals surface area contributed by atoms with Gasteiger partial charge in [0.15, 0.2) is 0 Å². The number of carbonyl (C=O) groups excluding carboxylic acids is 2. The van der Waals surface area contributed by atoms with Crippen LogP contribution in [0.3, 0.4) is 0 Å². The monoisotopic (exact) mass is 458 g/mol. The van der Waals surface area contributed by atoms with Crippen LogP contribution in [0.1, 0.15) is 32.6 Å². The molecule has 1 N–H and O–H groups in total. The number of rotatable bonds is 7. The zero-order valence-electron chi connectivity index (χ0n) is 17.8. The van der Waals surface area contributed by atoms with Crippen molar-refractivity contribution in [2.24, 2.45) is 0 Å². The number of nitrogens with one attached hydrogen (secondary N) is 1. The molecule has 33 heavy (non-hydrogen) atoms. The van der Waals surface area contributed by atoms with Gasteiger partial charge in [-0.05, 0) is 41.5 Å². The summed E-state index contributed by atoms with van der Waals surface area (Å²) in [6.45, 7) is 0.834. The highest BCUT2D eigenvalue weighted by molar-refractivity contribution is 8.00. The fourth-order valence-corrected chi connectivity index (χ4v) is 5.05. The Balaban J connectivity index is 1.25. The van der Waals surface area contributed by atoms with E-state index in [1.54, 1.807) is 42.7 Å². The smallest absolute Gasteiger partial charge is 0.251 e. The predicted octanol–water partition coefficient (Wildman–Crippen LogP) is 4.17. The lowest BCUT2D eigenvalue weighted by Crippen LogP contribution is -2.27. The van der Waals surface area contributed by atoms with Gasteiger partial charge in [0.05, 0.1) is 30.6 Å². The molecule has 2 aromatic heterocycles. The highest BCUT2D eigenvalue weighted by Crippen LogP contribution is 2.39. The molecule has 1 aliphatic rings. The number of furan rings is 1. The molecular formula is C25H22N4O3S. The number of benzene rings is 2. The number of hydrogen-bond acceptors (Lipinski definition) is 5. The van der Waals surface area contributed by atoms with Crippen molar-refractivity contribution in [1.82, 2.24) is 19.8 Å². The lowest BCUT2D eigenvalue weighted by molar-refractivity contribution is -0.128.